The molecule has 0 aliphatic carbocycles. The molecular formula is C27H35N7O2. The van der Waals surface area contributed by atoms with Gasteiger partial charge in [0.25, 0.3) is 0 Å². The maximum atomic E-state index is 11.7. The molecule has 0 atom stereocenters. The van der Waals surface area contributed by atoms with E-state index < -0.39 is 6.09 Å². The number of nitrogens with one attached hydrogen (secondary N) is 1. The molecule has 1 saturated heterocycles. The summed E-state index contributed by atoms with van der Waals surface area (Å²) in [4.78, 5) is 31.1. The van der Waals surface area contributed by atoms with E-state index in [1.807, 2.05) is 63.4 Å². The zero-order chi connectivity index (χ0) is 25.7. The second kappa shape index (κ2) is 10.9. The van der Waals surface area contributed by atoms with Crippen LogP contribution in [0.15, 0.2) is 55.0 Å². The van der Waals surface area contributed by atoms with Gasteiger partial charge in [-0.2, -0.15) is 0 Å². The van der Waals surface area contributed by atoms with Crippen molar-refractivity contribution in [2.24, 2.45) is 5.41 Å². The Hall–Kier alpha value is -3.72. The van der Waals surface area contributed by atoms with Gasteiger partial charge in [0.05, 0.1) is 17.6 Å². The summed E-state index contributed by atoms with van der Waals surface area (Å²) in [5, 5.41) is 12.8. The van der Waals surface area contributed by atoms with Gasteiger partial charge in [-0.15, -0.1) is 0 Å². The molecule has 1 aliphatic rings. The molecule has 3 aromatic rings. The highest BCUT2D eigenvalue weighted by Gasteiger charge is 2.20. The van der Waals surface area contributed by atoms with Crippen LogP contribution in [0, 0.1) is 5.41 Å². The van der Waals surface area contributed by atoms with E-state index in [1.165, 1.54) is 11.2 Å². The molecule has 2 aromatic heterocycles. The molecule has 9 nitrogen and oxygen atoms in total. The lowest BCUT2D eigenvalue weighted by Crippen LogP contribution is -2.44. The number of carbonyl (C=O) groups is 1. The molecule has 1 aromatic carbocycles. The van der Waals surface area contributed by atoms with E-state index >= 15 is 0 Å². The Morgan fingerprint density at radius 2 is 1.72 bits per heavy atom. The minimum atomic E-state index is -0.911. The Labute approximate surface area is 212 Å². The zero-order valence-corrected chi connectivity index (χ0v) is 21.5. The summed E-state index contributed by atoms with van der Waals surface area (Å²) in [5.41, 5.74) is 3.66. The molecule has 2 N–H and O–H groups in total. The lowest BCUT2D eigenvalue weighted by molar-refractivity contribution is 0.123. The van der Waals surface area contributed by atoms with Crippen molar-refractivity contribution in [3.8, 4) is 11.3 Å². The fourth-order valence-corrected chi connectivity index (χ4v) is 4.19. The minimum Gasteiger partial charge on any atom is -0.465 e. The van der Waals surface area contributed by atoms with E-state index in [0.717, 1.165) is 54.5 Å². The Kier molecular flexibility index (Phi) is 7.69. The molecule has 1 amide bonds. The first-order valence-electron chi connectivity index (χ1n) is 12.2. The summed E-state index contributed by atoms with van der Waals surface area (Å²) in [7, 11) is 2.15. The topological polar surface area (TPSA) is 97.7 Å². The molecule has 0 spiro atoms. The van der Waals surface area contributed by atoms with Gasteiger partial charge in [0, 0.05) is 50.9 Å². The number of anilines is 3. The first-order valence-corrected chi connectivity index (χ1v) is 12.2. The van der Waals surface area contributed by atoms with Crippen molar-refractivity contribution in [3.05, 3.63) is 60.6 Å². The maximum Gasteiger partial charge on any atom is 0.407 e. The third-order valence-electron chi connectivity index (χ3n) is 6.10. The quantitative estimate of drug-likeness (QED) is 0.499. The van der Waals surface area contributed by atoms with Crippen LogP contribution in [0.25, 0.3) is 11.3 Å². The van der Waals surface area contributed by atoms with Crippen LogP contribution in [0.4, 0.5) is 22.1 Å². The van der Waals surface area contributed by atoms with Crippen LogP contribution in [0.2, 0.25) is 0 Å². The van der Waals surface area contributed by atoms with Crippen molar-refractivity contribution in [2.75, 3.05) is 50.0 Å². The summed E-state index contributed by atoms with van der Waals surface area (Å²) in [6.07, 6.45) is 2.51. The average Bonchev–Trinajstić information content (AvgIpc) is 2.84. The SMILES string of the molecule is CN1CCN(c2ccc(Nc3cc(-c4ccc(CN(CC(C)(C)C)C(=O)O)cc4)ncn3)nc2)CC1. The van der Waals surface area contributed by atoms with E-state index in [2.05, 4.69) is 43.2 Å². The van der Waals surface area contributed by atoms with Gasteiger partial charge in [0.2, 0.25) is 0 Å². The molecule has 3 heterocycles. The summed E-state index contributed by atoms with van der Waals surface area (Å²) in [6.45, 7) is 11.0. The number of hydrogen-bond donors (Lipinski definition) is 2. The summed E-state index contributed by atoms with van der Waals surface area (Å²) >= 11 is 0. The van der Waals surface area contributed by atoms with Gasteiger partial charge in [-0.05, 0) is 30.2 Å². The third kappa shape index (κ3) is 6.91. The van der Waals surface area contributed by atoms with Crippen molar-refractivity contribution >= 4 is 23.4 Å². The standard InChI is InChI=1S/C27H35N7O2/c1-27(2,3)18-34(26(35)36)17-20-5-7-21(8-6-20)23-15-25(30-19-29-23)31-24-10-9-22(16-28-24)33-13-11-32(4)12-14-33/h5-10,15-16,19H,11-14,17-18H2,1-4H3,(H,35,36)(H,28,29,30,31). The highest BCUT2D eigenvalue weighted by molar-refractivity contribution is 5.66. The van der Waals surface area contributed by atoms with Gasteiger partial charge < -0.3 is 25.1 Å². The van der Waals surface area contributed by atoms with Gasteiger partial charge in [-0.25, -0.2) is 19.7 Å². The number of carboxylic acid groups (broad SMARTS) is 1. The summed E-state index contributed by atoms with van der Waals surface area (Å²) in [5.74, 6) is 1.38. The van der Waals surface area contributed by atoms with E-state index in [1.54, 1.807) is 0 Å². The van der Waals surface area contributed by atoms with Gasteiger partial charge in [-0.3, -0.25) is 0 Å². The molecular weight excluding hydrogens is 454 g/mol. The van der Waals surface area contributed by atoms with Gasteiger partial charge in [0.15, 0.2) is 0 Å². The van der Waals surface area contributed by atoms with Crippen molar-refractivity contribution < 1.29 is 9.90 Å². The number of pyridine rings is 1. The Morgan fingerprint density at radius 1 is 1.00 bits per heavy atom. The molecule has 0 saturated carbocycles. The van der Waals surface area contributed by atoms with Crippen molar-refractivity contribution in [1.29, 1.82) is 0 Å². The second-order valence-corrected chi connectivity index (χ2v) is 10.5. The number of benzene rings is 1. The van der Waals surface area contributed by atoms with Gasteiger partial charge in [0.1, 0.15) is 18.0 Å². The molecule has 190 valence electrons. The number of nitrogens with zero attached hydrogens (tertiary/aromatic N) is 6. The van der Waals surface area contributed by atoms with Crippen LogP contribution >= 0.6 is 0 Å². The van der Waals surface area contributed by atoms with Gasteiger partial charge >= 0.3 is 6.09 Å². The Balaban J connectivity index is 1.40. The monoisotopic (exact) mass is 489 g/mol. The fraction of sp³-hybridized carbons (Fsp3) is 0.407. The van der Waals surface area contributed by atoms with Crippen molar-refractivity contribution in [3.63, 3.8) is 0 Å². The molecule has 0 bridgehead atoms. The van der Waals surface area contributed by atoms with Crippen LogP contribution in [-0.2, 0) is 6.54 Å². The number of hydrogen-bond acceptors (Lipinski definition) is 7. The predicted octanol–water partition coefficient (Wildman–Crippen LogP) is 4.56. The van der Waals surface area contributed by atoms with Crippen LogP contribution < -0.4 is 10.2 Å². The molecule has 4 rings (SSSR count). The number of likely N-dealkylation sites (N-methyl/N-ethyl adjacent to an activating group) is 1. The highest BCUT2D eigenvalue weighted by Crippen LogP contribution is 2.23. The first-order chi connectivity index (χ1) is 17.2. The summed E-state index contributed by atoms with van der Waals surface area (Å²) in [6, 6.07) is 13.7. The number of aromatic nitrogens is 3. The van der Waals surface area contributed by atoms with E-state index in [9.17, 15) is 9.90 Å². The molecule has 0 unspecified atom stereocenters. The van der Waals surface area contributed by atoms with Crippen molar-refractivity contribution in [1.82, 2.24) is 24.8 Å². The number of piperazine rings is 1. The molecule has 36 heavy (non-hydrogen) atoms. The first kappa shape index (κ1) is 25.4. The van der Waals surface area contributed by atoms with E-state index in [4.69, 9.17) is 0 Å². The molecule has 0 radical (unpaired) electrons. The molecule has 1 fully saturated rings. The Bertz CT molecular complexity index is 1150. The highest BCUT2D eigenvalue weighted by atomic mass is 16.4. The van der Waals surface area contributed by atoms with Crippen molar-refractivity contribution in [2.45, 2.75) is 27.3 Å². The zero-order valence-electron chi connectivity index (χ0n) is 21.5. The lowest BCUT2D eigenvalue weighted by Gasteiger charge is -2.33. The van der Waals surface area contributed by atoms with Crippen LogP contribution in [-0.4, -0.2) is 75.7 Å². The van der Waals surface area contributed by atoms with Crippen LogP contribution in [0.3, 0.4) is 0 Å². The van der Waals surface area contributed by atoms with Crippen LogP contribution in [0.5, 0.6) is 0 Å². The number of rotatable bonds is 7. The van der Waals surface area contributed by atoms with E-state index in [-0.39, 0.29) is 5.41 Å². The maximum absolute atomic E-state index is 11.7. The number of amides is 1. The Morgan fingerprint density at radius 3 is 2.33 bits per heavy atom. The normalized spacial score (nSPS) is 14.5. The molecule has 1 aliphatic heterocycles. The third-order valence-corrected chi connectivity index (χ3v) is 6.10. The molecule has 9 heteroatoms. The smallest absolute Gasteiger partial charge is 0.407 e. The average molecular weight is 490 g/mol. The minimum absolute atomic E-state index is 0.109. The lowest BCUT2D eigenvalue weighted by atomic mass is 9.96. The second-order valence-electron chi connectivity index (χ2n) is 10.5. The van der Waals surface area contributed by atoms with E-state index in [0.29, 0.717) is 18.9 Å². The summed E-state index contributed by atoms with van der Waals surface area (Å²) < 4.78 is 0. The fourth-order valence-electron chi connectivity index (χ4n) is 4.19. The predicted molar refractivity (Wildman–Crippen MR) is 143 cm³/mol. The van der Waals surface area contributed by atoms with Gasteiger partial charge in [-0.1, -0.05) is 45.0 Å². The van der Waals surface area contributed by atoms with Crippen LogP contribution in [0.1, 0.15) is 26.3 Å². The largest absolute Gasteiger partial charge is 0.465 e.